The third-order valence-corrected chi connectivity index (χ3v) is 2.44. The Morgan fingerprint density at radius 1 is 1.47 bits per heavy atom. The number of methoxy groups -OCH3 is 1. The Labute approximate surface area is 108 Å². The van der Waals surface area contributed by atoms with E-state index < -0.39 is 23.7 Å². The van der Waals surface area contributed by atoms with Crippen LogP contribution in [0.15, 0.2) is 18.2 Å². The van der Waals surface area contributed by atoms with Gasteiger partial charge in [-0.15, -0.1) is 0 Å². The molecule has 0 spiro atoms. The molecule has 1 unspecified atom stereocenters. The van der Waals surface area contributed by atoms with Crippen LogP contribution < -0.4 is 10.1 Å². The zero-order valence-corrected chi connectivity index (χ0v) is 10.2. The second-order valence-electron chi connectivity index (χ2n) is 3.73. The number of hydrogen-bond acceptors (Lipinski definition) is 4. The Hall–Kier alpha value is -2.15. The zero-order chi connectivity index (χ0) is 14.4. The number of carboxylic acid groups (broad SMARTS) is 1. The number of carboxylic acids is 1. The van der Waals surface area contributed by atoms with Gasteiger partial charge in [0.05, 0.1) is 7.11 Å². The van der Waals surface area contributed by atoms with Gasteiger partial charge in [-0.1, -0.05) is 0 Å². The van der Waals surface area contributed by atoms with Crippen LogP contribution in [0.5, 0.6) is 5.75 Å². The predicted octanol–water partition coefficient (Wildman–Crippen LogP) is 0.400. The van der Waals surface area contributed by atoms with Crippen molar-refractivity contribution >= 4 is 11.9 Å². The first kappa shape index (κ1) is 14.9. The Balaban J connectivity index is 2.82. The standard InChI is InChI=1S/C12H14FNO5/c1-19-10-3-2-7(6-8(10)13)11(16)14-9(4-5-15)12(17)18/h2-3,6,9,15H,4-5H2,1H3,(H,14,16)(H,17,18). The van der Waals surface area contributed by atoms with Crippen molar-refractivity contribution in [3.63, 3.8) is 0 Å². The van der Waals surface area contributed by atoms with Gasteiger partial charge in [-0.3, -0.25) is 4.79 Å². The number of carbonyl (C=O) groups excluding carboxylic acids is 1. The van der Waals surface area contributed by atoms with E-state index in [1.165, 1.54) is 19.2 Å². The van der Waals surface area contributed by atoms with Gasteiger partial charge in [-0.05, 0) is 18.2 Å². The van der Waals surface area contributed by atoms with Crippen molar-refractivity contribution < 1.29 is 28.9 Å². The summed E-state index contributed by atoms with van der Waals surface area (Å²) in [7, 11) is 1.29. The maximum Gasteiger partial charge on any atom is 0.326 e. The zero-order valence-electron chi connectivity index (χ0n) is 10.2. The maximum absolute atomic E-state index is 13.4. The van der Waals surface area contributed by atoms with Crippen LogP contribution in [-0.4, -0.2) is 41.8 Å². The minimum atomic E-state index is -1.27. The van der Waals surface area contributed by atoms with E-state index in [-0.39, 0.29) is 24.3 Å². The fraction of sp³-hybridized carbons (Fsp3) is 0.333. The van der Waals surface area contributed by atoms with E-state index in [0.29, 0.717) is 0 Å². The second kappa shape index (κ2) is 6.69. The van der Waals surface area contributed by atoms with E-state index in [0.717, 1.165) is 6.07 Å². The molecule has 1 rings (SSSR count). The highest BCUT2D eigenvalue weighted by Crippen LogP contribution is 2.17. The van der Waals surface area contributed by atoms with Crippen molar-refractivity contribution in [1.82, 2.24) is 5.32 Å². The van der Waals surface area contributed by atoms with Crippen molar-refractivity contribution in [3.05, 3.63) is 29.6 Å². The average molecular weight is 271 g/mol. The summed E-state index contributed by atoms with van der Waals surface area (Å²) in [6, 6.07) is 2.32. The Morgan fingerprint density at radius 3 is 2.63 bits per heavy atom. The fourth-order valence-corrected chi connectivity index (χ4v) is 1.44. The molecule has 0 heterocycles. The number of nitrogens with one attached hydrogen (secondary N) is 1. The van der Waals surface area contributed by atoms with E-state index in [9.17, 15) is 14.0 Å². The topological polar surface area (TPSA) is 95.9 Å². The van der Waals surface area contributed by atoms with Crippen LogP contribution >= 0.6 is 0 Å². The summed E-state index contributed by atoms with van der Waals surface area (Å²) in [5, 5.41) is 19.7. The lowest BCUT2D eigenvalue weighted by Gasteiger charge is -2.13. The van der Waals surface area contributed by atoms with Crippen molar-refractivity contribution in [2.45, 2.75) is 12.5 Å². The molecule has 6 nitrogen and oxygen atoms in total. The largest absolute Gasteiger partial charge is 0.494 e. The minimum absolute atomic E-state index is 0.0123. The van der Waals surface area contributed by atoms with Crippen molar-refractivity contribution in [1.29, 1.82) is 0 Å². The summed E-state index contributed by atoms with van der Waals surface area (Å²) in [6.45, 7) is -0.381. The molecule has 1 aromatic rings. The average Bonchev–Trinajstić information content (AvgIpc) is 2.37. The van der Waals surface area contributed by atoms with Crippen LogP contribution in [0.4, 0.5) is 4.39 Å². The second-order valence-corrected chi connectivity index (χ2v) is 3.73. The van der Waals surface area contributed by atoms with E-state index >= 15 is 0 Å². The number of carbonyl (C=O) groups is 2. The third-order valence-electron chi connectivity index (χ3n) is 2.44. The molecule has 0 fully saturated rings. The Kier molecular flexibility index (Phi) is 5.25. The highest BCUT2D eigenvalue weighted by molar-refractivity contribution is 5.96. The van der Waals surface area contributed by atoms with Crippen LogP contribution in [0.25, 0.3) is 0 Å². The number of benzene rings is 1. The SMILES string of the molecule is COc1ccc(C(=O)NC(CCO)C(=O)O)cc1F. The summed E-state index contributed by atoms with van der Waals surface area (Å²) in [5.41, 5.74) is -0.0255. The van der Waals surface area contributed by atoms with Crippen LogP contribution in [0.1, 0.15) is 16.8 Å². The number of halogens is 1. The molecule has 0 aliphatic carbocycles. The monoisotopic (exact) mass is 271 g/mol. The molecule has 0 bridgehead atoms. The first-order valence-corrected chi connectivity index (χ1v) is 5.47. The summed E-state index contributed by atoms with van der Waals surface area (Å²) >= 11 is 0. The molecule has 0 saturated heterocycles. The lowest BCUT2D eigenvalue weighted by Crippen LogP contribution is -2.41. The first-order valence-electron chi connectivity index (χ1n) is 5.47. The lowest BCUT2D eigenvalue weighted by atomic mass is 10.1. The highest BCUT2D eigenvalue weighted by Gasteiger charge is 2.20. The molecular weight excluding hydrogens is 257 g/mol. The first-order chi connectivity index (χ1) is 8.99. The predicted molar refractivity (Wildman–Crippen MR) is 63.5 cm³/mol. The van der Waals surface area contributed by atoms with Crippen LogP contribution in [0.3, 0.4) is 0 Å². The molecule has 0 aromatic heterocycles. The maximum atomic E-state index is 13.4. The summed E-state index contributed by atoms with van der Waals surface area (Å²) in [6.07, 6.45) is -0.125. The van der Waals surface area contributed by atoms with Crippen LogP contribution in [0, 0.1) is 5.82 Å². The summed E-state index contributed by atoms with van der Waals surface area (Å²) < 4.78 is 18.1. The summed E-state index contributed by atoms with van der Waals surface area (Å²) in [4.78, 5) is 22.5. The van der Waals surface area contributed by atoms with Gasteiger partial charge in [0.2, 0.25) is 0 Å². The number of aliphatic carboxylic acids is 1. The number of amides is 1. The minimum Gasteiger partial charge on any atom is -0.494 e. The van der Waals surface area contributed by atoms with Crippen LogP contribution in [-0.2, 0) is 4.79 Å². The van der Waals surface area contributed by atoms with Gasteiger partial charge < -0.3 is 20.3 Å². The number of aliphatic hydroxyl groups excluding tert-OH is 1. The van der Waals surface area contributed by atoms with Gasteiger partial charge >= 0.3 is 5.97 Å². The molecule has 0 radical (unpaired) electrons. The number of ether oxygens (including phenoxy) is 1. The third kappa shape index (κ3) is 3.92. The fourth-order valence-electron chi connectivity index (χ4n) is 1.44. The number of aliphatic hydroxyl groups is 1. The van der Waals surface area contributed by atoms with E-state index in [1.807, 2.05) is 0 Å². The van der Waals surface area contributed by atoms with Crippen molar-refractivity contribution in [3.8, 4) is 5.75 Å². The molecule has 1 aromatic carbocycles. The van der Waals surface area contributed by atoms with Gasteiger partial charge in [0.1, 0.15) is 6.04 Å². The van der Waals surface area contributed by atoms with Crippen LogP contribution in [0.2, 0.25) is 0 Å². The molecule has 0 aliphatic rings. The number of rotatable bonds is 6. The van der Waals surface area contributed by atoms with Gasteiger partial charge in [0, 0.05) is 18.6 Å². The Bertz CT molecular complexity index is 477. The van der Waals surface area contributed by atoms with Gasteiger partial charge in [-0.25, -0.2) is 9.18 Å². The van der Waals surface area contributed by atoms with E-state index in [4.69, 9.17) is 14.9 Å². The smallest absolute Gasteiger partial charge is 0.326 e. The van der Waals surface area contributed by atoms with Crippen molar-refractivity contribution in [2.24, 2.45) is 0 Å². The number of hydrogen-bond donors (Lipinski definition) is 3. The van der Waals surface area contributed by atoms with Gasteiger partial charge in [0.25, 0.3) is 5.91 Å². The molecule has 19 heavy (non-hydrogen) atoms. The van der Waals surface area contributed by atoms with Gasteiger partial charge in [0.15, 0.2) is 11.6 Å². The quantitative estimate of drug-likeness (QED) is 0.696. The normalized spacial score (nSPS) is 11.7. The molecule has 104 valence electrons. The lowest BCUT2D eigenvalue weighted by molar-refractivity contribution is -0.139. The molecule has 3 N–H and O–H groups in total. The molecule has 1 amide bonds. The molecule has 7 heteroatoms. The molecular formula is C12H14FNO5. The van der Waals surface area contributed by atoms with Gasteiger partial charge in [-0.2, -0.15) is 0 Å². The summed E-state index contributed by atoms with van der Waals surface area (Å²) in [5.74, 6) is -2.73. The van der Waals surface area contributed by atoms with E-state index in [1.54, 1.807) is 0 Å². The molecule has 1 atom stereocenters. The highest BCUT2D eigenvalue weighted by atomic mass is 19.1. The van der Waals surface area contributed by atoms with E-state index in [2.05, 4.69) is 5.32 Å². The molecule has 0 saturated carbocycles. The Morgan fingerprint density at radius 2 is 2.16 bits per heavy atom. The molecule has 0 aliphatic heterocycles. The van der Waals surface area contributed by atoms with Crippen molar-refractivity contribution in [2.75, 3.05) is 13.7 Å².